The van der Waals surface area contributed by atoms with Crippen LogP contribution in [-0.2, 0) is 9.53 Å². The molecule has 0 unspecified atom stereocenters. The highest BCUT2D eigenvalue weighted by molar-refractivity contribution is 5.90. The van der Waals surface area contributed by atoms with Crippen LogP contribution in [0.15, 0.2) is 12.7 Å². The highest BCUT2D eigenvalue weighted by Crippen LogP contribution is 2.33. The largest absolute Gasteiger partial charge is 0.444 e. The van der Waals surface area contributed by atoms with Crippen LogP contribution in [0.4, 0.5) is 4.79 Å². The quantitative estimate of drug-likeness (QED) is 0.784. The van der Waals surface area contributed by atoms with Gasteiger partial charge in [-0.1, -0.05) is 19.4 Å². The summed E-state index contributed by atoms with van der Waals surface area (Å²) in [5.74, 6) is -0.0343. The van der Waals surface area contributed by atoms with Crippen molar-refractivity contribution in [3.8, 4) is 0 Å². The van der Waals surface area contributed by atoms with Crippen molar-refractivity contribution in [2.75, 3.05) is 0 Å². The summed E-state index contributed by atoms with van der Waals surface area (Å²) in [6, 6.07) is 0. The van der Waals surface area contributed by atoms with Gasteiger partial charge in [0.1, 0.15) is 5.60 Å². The van der Waals surface area contributed by atoms with Crippen LogP contribution in [-0.4, -0.2) is 23.0 Å². The lowest BCUT2D eigenvalue weighted by Crippen LogP contribution is -2.49. The molecular formula is C14H23NO3. The van der Waals surface area contributed by atoms with E-state index >= 15 is 0 Å². The Bertz CT molecular complexity index is 335. The first-order valence-corrected chi connectivity index (χ1v) is 6.43. The average Bonchev–Trinajstić information content (AvgIpc) is 2.62. The highest BCUT2D eigenvalue weighted by atomic mass is 16.6. The second kappa shape index (κ2) is 5.55. The third-order valence-corrected chi connectivity index (χ3v) is 3.07. The molecule has 0 spiro atoms. The third kappa shape index (κ3) is 4.51. The van der Waals surface area contributed by atoms with Gasteiger partial charge in [0.25, 0.3) is 0 Å². The lowest BCUT2D eigenvalue weighted by Gasteiger charge is -2.31. The van der Waals surface area contributed by atoms with Gasteiger partial charge in [0, 0.05) is 6.42 Å². The van der Waals surface area contributed by atoms with Crippen molar-refractivity contribution in [3.63, 3.8) is 0 Å². The molecule has 0 heterocycles. The molecule has 4 nitrogen and oxygen atoms in total. The first-order chi connectivity index (χ1) is 8.26. The van der Waals surface area contributed by atoms with Crippen LogP contribution < -0.4 is 5.32 Å². The Morgan fingerprint density at radius 3 is 2.33 bits per heavy atom. The average molecular weight is 253 g/mol. The molecule has 0 aromatic rings. The summed E-state index contributed by atoms with van der Waals surface area (Å²) < 4.78 is 5.25. The molecule has 1 aliphatic carbocycles. The Labute approximate surface area is 109 Å². The molecule has 0 bridgehead atoms. The first-order valence-electron chi connectivity index (χ1n) is 6.43. The van der Waals surface area contributed by atoms with Crippen LogP contribution in [0.2, 0.25) is 0 Å². The standard InChI is InChI=1S/C14H23NO3/c1-5-11(16)10-14(8-6-7-9-14)15-12(17)18-13(2,3)4/h5H,1,6-10H2,2-4H3,(H,15,17). The highest BCUT2D eigenvalue weighted by Gasteiger charge is 2.37. The zero-order valence-electron chi connectivity index (χ0n) is 11.5. The summed E-state index contributed by atoms with van der Waals surface area (Å²) in [4.78, 5) is 23.3. The van der Waals surface area contributed by atoms with Crippen LogP contribution in [0, 0.1) is 0 Å². The molecule has 0 atom stereocenters. The number of carbonyl (C=O) groups excluding carboxylic acids is 2. The van der Waals surface area contributed by atoms with Crippen LogP contribution in [0.1, 0.15) is 52.9 Å². The minimum Gasteiger partial charge on any atom is -0.444 e. The van der Waals surface area contributed by atoms with Crippen molar-refractivity contribution in [2.24, 2.45) is 0 Å². The Kier molecular flexibility index (Phi) is 4.54. The molecule has 102 valence electrons. The molecule has 0 radical (unpaired) electrons. The van der Waals surface area contributed by atoms with Gasteiger partial charge in [-0.05, 0) is 39.7 Å². The number of rotatable bonds is 4. The van der Waals surface area contributed by atoms with E-state index in [9.17, 15) is 9.59 Å². The predicted molar refractivity (Wildman–Crippen MR) is 70.4 cm³/mol. The molecule has 1 saturated carbocycles. The van der Waals surface area contributed by atoms with Gasteiger partial charge in [-0.2, -0.15) is 0 Å². The fraction of sp³-hybridized carbons (Fsp3) is 0.714. The van der Waals surface area contributed by atoms with E-state index in [4.69, 9.17) is 4.74 Å². The Morgan fingerprint density at radius 1 is 1.33 bits per heavy atom. The molecule has 1 amide bonds. The van der Waals surface area contributed by atoms with Gasteiger partial charge in [-0.25, -0.2) is 4.79 Å². The van der Waals surface area contributed by atoms with E-state index in [2.05, 4.69) is 11.9 Å². The minimum absolute atomic E-state index is 0.0343. The van der Waals surface area contributed by atoms with Crippen molar-refractivity contribution in [1.29, 1.82) is 0 Å². The topological polar surface area (TPSA) is 55.4 Å². The van der Waals surface area contributed by atoms with Crippen molar-refractivity contribution in [2.45, 2.75) is 64.0 Å². The zero-order chi connectivity index (χ0) is 13.8. The van der Waals surface area contributed by atoms with E-state index in [0.29, 0.717) is 6.42 Å². The van der Waals surface area contributed by atoms with E-state index < -0.39 is 17.2 Å². The van der Waals surface area contributed by atoms with Crippen molar-refractivity contribution < 1.29 is 14.3 Å². The van der Waals surface area contributed by atoms with Gasteiger partial charge >= 0.3 is 6.09 Å². The summed E-state index contributed by atoms with van der Waals surface area (Å²) in [5, 5.41) is 2.88. The van der Waals surface area contributed by atoms with E-state index in [0.717, 1.165) is 25.7 Å². The number of allylic oxidation sites excluding steroid dienone is 1. The summed E-state index contributed by atoms with van der Waals surface area (Å²) in [6.07, 6.45) is 4.89. The number of nitrogens with one attached hydrogen (secondary N) is 1. The normalized spacial score (nSPS) is 18.2. The molecule has 0 aliphatic heterocycles. The number of ketones is 1. The maximum Gasteiger partial charge on any atom is 0.408 e. The Morgan fingerprint density at radius 2 is 1.89 bits per heavy atom. The second-order valence-electron chi connectivity index (χ2n) is 5.96. The number of carbonyl (C=O) groups is 2. The summed E-state index contributed by atoms with van der Waals surface area (Å²) >= 11 is 0. The molecule has 0 aromatic heterocycles. The van der Waals surface area contributed by atoms with Gasteiger partial charge < -0.3 is 10.1 Å². The molecule has 1 aliphatic rings. The van der Waals surface area contributed by atoms with E-state index in [1.165, 1.54) is 6.08 Å². The lowest BCUT2D eigenvalue weighted by molar-refractivity contribution is -0.115. The van der Waals surface area contributed by atoms with Crippen LogP contribution in [0.3, 0.4) is 0 Å². The molecular weight excluding hydrogens is 230 g/mol. The van der Waals surface area contributed by atoms with E-state index in [1.807, 2.05) is 20.8 Å². The Balaban J connectivity index is 2.65. The maximum atomic E-state index is 11.8. The first kappa shape index (κ1) is 14.7. The molecule has 1 fully saturated rings. The van der Waals surface area contributed by atoms with Gasteiger partial charge in [-0.15, -0.1) is 0 Å². The Hall–Kier alpha value is -1.32. The maximum absolute atomic E-state index is 11.8. The third-order valence-electron chi connectivity index (χ3n) is 3.07. The number of amides is 1. The zero-order valence-corrected chi connectivity index (χ0v) is 11.5. The van der Waals surface area contributed by atoms with Gasteiger partial charge in [-0.3, -0.25) is 4.79 Å². The van der Waals surface area contributed by atoms with E-state index in [-0.39, 0.29) is 5.78 Å². The number of hydrogen-bond donors (Lipinski definition) is 1. The molecule has 0 saturated heterocycles. The minimum atomic E-state index is -0.522. The predicted octanol–water partition coefficient (Wildman–Crippen LogP) is 2.97. The number of ether oxygens (including phenoxy) is 1. The molecule has 4 heteroatoms. The smallest absolute Gasteiger partial charge is 0.408 e. The molecule has 0 aromatic carbocycles. The number of alkyl carbamates (subject to hydrolysis) is 1. The van der Waals surface area contributed by atoms with Crippen LogP contribution in [0.5, 0.6) is 0 Å². The second-order valence-corrected chi connectivity index (χ2v) is 5.96. The van der Waals surface area contributed by atoms with Gasteiger partial charge in [0.05, 0.1) is 5.54 Å². The summed E-state index contributed by atoms with van der Waals surface area (Å²) in [5.41, 5.74) is -0.958. The summed E-state index contributed by atoms with van der Waals surface area (Å²) in [6.45, 7) is 8.95. The SMILES string of the molecule is C=CC(=O)CC1(NC(=O)OC(C)(C)C)CCCC1. The molecule has 18 heavy (non-hydrogen) atoms. The lowest BCUT2D eigenvalue weighted by atomic mass is 9.91. The van der Waals surface area contributed by atoms with E-state index in [1.54, 1.807) is 0 Å². The van der Waals surface area contributed by atoms with Crippen LogP contribution in [0.25, 0.3) is 0 Å². The van der Waals surface area contributed by atoms with Gasteiger partial charge in [0.2, 0.25) is 0 Å². The fourth-order valence-electron chi connectivity index (χ4n) is 2.32. The summed E-state index contributed by atoms with van der Waals surface area (Å²) in [7, 11) is 0. The molecule has 1 rings (SSSR count). The van der Waals surface area contributed by atoms with Crippen molar-refractivity contribution >= 4 is 11.9 Å². The van der Waals surface area contributed by atoms with Crippen LogP contribution >= 0.6 is 0 Å². The van der Waals surface area contributed by atoms with Crippen molar-refractivity contribution in [1.82, 2.24) is 5.32 Å². The van der Waals surface area contributed by atoms with Gasteiger partial charge in [0.15, 0.2) is 5.78 Å². The molecule has 1 N–H and O–H groups in total. The number of hydrogen-bond acceptors (Lipinski definition) is 3. The fourth-order valence-corrected chi connectivity index (χ4v) is 2.32. The van der Waals surface area contributed by atoms with Crippen molar-refractivity contribution in [3.05, 3.63) is 12.7 Å². The monoisotopic (exact) mass is 253 g/mol.